The minimum atomic E-state index is -3.32. The number of nitrogens with one attached hydrogen (secondary N) is 1. The Bertz CT molecular complexity index is 1630. The highest BCUT2D eigenvalue weighted by Gasteiger charge is 2.20. The molecule has 0 aliphatic carbocycles. The first-order valence-corrected chi connectivity index (χ1v) is 13.5. The van der Waals surface area contributed by atoms with Crippen molar-refractivity contribution in [2.45, 2.75) is 25.7 Å². The van der Waals surface area contributed by atoms with Crippen molar-refractivity contribution >= 4 is 21.4 Å². The fourth-order valence-corrected chi connectivity index (χ4v) is 4.82. The number of pyridine rings is 1. The Labute approximate surface area is 216 Å². The number of hydrogen-bond acceptors (Lipinski definition) is 6. The van der Waals surface area contributed by atoms with Gasteiger partial charge in [0.2, 0.25) is 5.88 Å². The van der Waals surface area contributed by atoms with Gasteiger partial charge in [-0.05, 0) is 63.2 Å². The number of carbonyl (C=O) groups is 1. The summed E-state index contributed by atoms with van der Waals surface area (Å²) in [4.78, 5) is 17.7. The average molecular weight is 515 g/mol. The van der Waals surface area contributed by atoms with Gasteiger partial charge in [-0.2, -0.15) is 5.26 Å². The Kier molecular flexibility index (Phi) is 7.14. The van der Waals surface area contributed by atoms with Gasteiger partial charge in [-0.1, -0.05) is 18.2 Å². The molecule has 2 aromatic heterocycles. The molecule has 0 saturated carbocycles. The summed E-state index contributed by atoms with van der Waals surface area (Å²) >= 11 is 0. The van der Waals surface area contributed by atoms with Gasteiger partial charge < -0.3 is 14.6 Å². The number of nitriles is 1. The highest BCUT2D eigenvalue weighted by molar-refractivity contribution is 7.90. The van der Waals surface area contributed by atoms with E-state index in [1.807, 2.05) is 55.7 Å². The fourth-order valence-electron chi connectivity index (χ4n) is 4.19. The summed E-state index contributed by atoms with van der Waals surface area (Å²) in [5.41, 5.74) is 5.34. The first-order chi connectivity index (χ1) is 17.6. The Balaban J connectivity index is 1.70. The van der Waals surface area contributed by atoms with Gasteiger partial charge in [-0.3, -0.25) is 4.79 Å². The third-order valence-corrected chi connectivity index (χ3v) is 7.05. The van der Waals surface area contributed by atoms with E-state index in [1.165, 1.54) is 12.1 Å². The summed E-state index contributed by atoms with van der Waals surface area (Å²) < 4.78 is 30.9. The molecule has 188 valence electrons. The van der Waals surface area contributed by atoms with Gasteiger partial charge in [0.1, 0.15) is 11.6 Å². The minimum absolute atomic E-state index is 0.184. The summed E-state index contributed by atoms with van der Waals surface area (Å²) in [5, 5.41) is 12.4. The van der Waals surface area contributed by atoms with Crippen molar-refractivity contribution in [3.63, 3.8) is 0 Å². The van der Waals surface area contributed by atoms with Crippen LogP contribution < -0.4 is 10.1 Å². The first kappa shape index (κ1) is 25.7. The molecular formula is C28H26N4O4S. The maximum atomic E-state index is 13.1. The van der Waals surface area contributed by atoms with Crippen molar-refractivity contribution in [3.05, 3.63) is 89.4 Å². The predicted molar refractivity (Wildman–Crippen MR) is 142 cm³/mol. The normalized spacial score (nSPS) is 11.1. The van der Waals surface area contributed by atoms with Gasteiger partial charge in [0.25, 0.3) is 5.91 Å². The summed E-state index contributed by atoms with van der Waals surface area (Å²) in [7, 11) is -3.32. The third kappa shape index (κ3) is 5.25. The van der Waals surface area contributed by atoms with E-state index in [-0.39, 0.29) is 10.8 Å². The molecule has 9 heteroatoms. The maximum Gasteiger partial charge on any atom is 0.257 e. The largest absolute Gasteiger partial charge is 0.477 e. The molecule has 37 heavy (non-hydrogen) atoms. The molecule has 0 radical (unpaired) electrons. The van der Waals surface area contributed by atoms with Gasteiger partial charge in [0.05, 0.1) is 22.8 Å². The molecular weight excluding hydrogens is 488 g/mol. The summed E-state index contributed by atoms with van der Waals surface area (Å²) in [6, 6.07) is 19.5. The minimum Gasteiger partial charge on any atom is -0.477 e. The Morgan fingerprint density at radius 2 is 1.81 bits per heavy atom. The van der Waals surface area contributed by atoms with Crippen molar-refractivity contribution in [3.8, 4) is 28.8 Å². The average Bonchev–Trinajstić information content (AvgIpc) is 3.18. The highest BCUT2D eigenvalue weighted by atomic mass is 32.2. The second kappa shape index (κ2) is 10.3. The molecule has 0 saturated heterocycles. The molecule has 0 aliphatic rings. The van der Waals surface area contributed by atoms with Crippen molar-refractivity contribution in [1.29, 1.82) is 5.26 Å². The molecule has 2 heterocycles. The molecule has 1 N–H and O–H groups in total. The van der Waals surface area contributed by atoms with Crippen LogP contribution in [0, 0.1) is 25.2 Å². The van der Waals surface area contributed by atoms with Crippen LogP contribution in [0.15, 0.2) is 71.8 Å². The van der Waals surface area contributed by atoms with Crippen LogP contribution in [0.3, 0.4) is 0 Å². The topological polar surface area (TPSA) is 114 Å². The smallest absolute Gasteiger partial charge is 0.257 e. The molecule has 0 atom stereocenters. The van der Waals surface area contributed by atoms with Crippen molar-refractivity contribution < 1.29 is 17.9 Å². The highest BCUT2D eigenvalue weighted by Crippen LogP contribution is 2.32. The number of aromatic nitrogens is 2. The number of carbonyl (C=O) groups excluding carboxylic acids is 1. The van der Waals surface area contributed by atoms with Crippen LogP contribution in [0.1, 0.15) is 34.2 Å². The number of anilines is 1. The van der Waals surface area contributed by atoms with Crippen LogP contribution in [0.25, 0.3) is 16.8 Å². The number of nitrogens with zero attached hydrogens (tertiary/aromatic N) is 3. The van der Waals surface area contributed by atoms with Crippen LogP contribution in [0.4, 0.5) is 5.69 Å². The number of aryl methyl sites for hydroxylation is 1. The lowest BCUT2D eigenvalue weighted by Crippen LogP contribution is -2.13. The van der Waals surface area contributed by atoms with Gasteiger partial charge in [-0.15, -0.1) is 0 Å². The number of ether oxygens (including phenoxy) is 1. The molecule has 2 aromatic carbocycles. The van der Waals surface area contributed by atoms with E-state index < -0.39 is 9.84 Å². The Morgan fingerprint density at radius 3 is 2.46 bits per heavy atom. The number of amides is 1. The summed E-state index contributed by atoms with van der Waals surface area (Å²) in [5.74, 6) is -0.0125. The number of rotatable bonds is 7. The van der Waals surface area contributed by atoms with Crippen molar-refractivity contribution in [2.24, 2.45) is 0 Å². The zero-order valence-electron chi connectivity index (χ0n) is 20.9. The lowest BCUT2D eigenvalue weighted by atomic mass is 10.0. The van der Waals surface area contributed by atoms with Crippen LogP contribution in [0.5, 0.6) is 5.88 Å². The Morgan fingerprint density at radius 1 is 1.11 bits per heavy atom. The molecule has 4 rings (SSSR count). The molecule has 1 amide bonds. The quantitative estimate of drug-likeness (QED) is 0.368. The zero-order valence-corrected chi connectivity index (χ0v) is 21.8. The number of hydrogen-bond donors (Lipinski definition) is 1. The van der Waals surface area contributed by atoms with Gasteiger partial charge in [0, 0.05) is 40.7 Å². The van der Waals surface area contributed by atoms with Gasteiger partial charge in [-0.25, -0.2) is 13.4 Å². The number of benzene rings is 2. The monoisotopic (exact) mass is 514 g/mol. The van der Waals surface area contributed by atoms with Crippen LogP contribution in [-0.2, 0) is 9.84 Å². The first-order valence-electron chi connectivity index (χ1n) is 11.6. The third-order valence-electron chi connectivity index (χ3n) is 5.92. The zero-order chi connectivity index (χ0) is 26.7. The molecule has 0 bridgehead atoms. The predicted octanol–water partition coefficient (Wildman–Crippen LogP) is 5.08. The summed E-state index contributed by atoms with van der Waals surface area (Å²) in [6.45, 7) is 6.02. The van der Waals surface area contributed by atoms with Gasteiger partial charge in [0.15, 0.2) is 9.84 Å². The van der Waals surface area contributed by atoms with E-state index >= 15 is 0 Å². The Hall–Kier alpha value is -4.42. The van der Waals surface area contributed by atoms with Crippen molar-refractivity contribution in [2.75, 3.05) is 18.2 Å². The fraction of sp³-hybridized carbons (Fsp3) is 0.179. The van der Waals surface area contributed by atoms with E-state index in [0.717, 1.165) is 34.5 Å². The summed E-state index contributed by atoms with van der Waals surface area (Å²) in [6.07, 6.45) is 2.81. The van der Waals surface area contributed by atoms with E-state index in [2.05, 4.69) is 16.4 Å². The SMILES string of the molecule is CCOc1ncc(-c2ccccc2-n2c(C)cc(C(=O)Nc3ccc(S(C)(=O)=O)cc3)c2C)cc1C#N. The van der Waals surface area contributed by atoms with Crippen LogP contribution >= 0.6 is 0 Å². The molecule has 0 aliphatic heterocycles. The van der Waals surface area contributed by atoms with E-state index in [0.29, 0.717) is 29.3 Å². The molecule has 0 unspecified atom stereocenters. The second-order valence-electron chi connectivity index (χ2n) is 8.51. The second-order valence-corrected chi connectivity index (χ2v) is 10.5. The van der Waals surface area contributed by atoms with Gasteiger partial charge >= 0.3 is 0 Å². The van der Waals surface area contributed by atoms with E-state index in [9.17, 15) is 18.5 Å². The lowest BCUT2D eigenvalue weighted by molar-refractivity contribution is 0.102. The molecule has 8 nitrogen and oxygen atoms in total. The standard InChI is InChI=1S/C28H26N4O4S/c1-5-36-28-20(16-29)15-21(17-30-28)24-8-6-7-9-26(24)32-18(2)14-25(19(32)3)27(33)31-22-10-12-23(13-11-22)37(4,34)35/h6-15,17H,5H2,1-4H3,(H,31,33). The van der Waals surface area contributed by atoms with Crippen molar-refractivity contribution in [1.82, 2.24) is 9.55 Å². The maximum absolute atomic E-state index is 13.1. The lowest BCUT2D eigenvalue weighted by Gasteiger charge is -2.16. The molecule has 0 spiro atoms. The number of sulfone groups is 1. The molecule has 0 fully saturated rings. The van der Waals surface area contributed by atoms with Crippen LogP contribution in [0.2, 0.25) is 0 Å². The number of para-hydroxylation sites is 1. The van der Waals surface area contributed by atoms with E-state index in [1.54, 1.807) is 24.4 Å². The van der Waals surface area contributed by atoms with Crippen LogP contribution in [-0.4, -0.2) is 36.7 Å². The molecule has 4 aromatic rings. The van der Waals surface area contributed by atoms with E-state index in [4.69, 9.17) is 4.74 Å².